The van der Waals surface area contributed by atoms with Crippen molar-refractivity contribution in [1.82, 2.24) is 5.32 Å². The Morgan fingerprint density at radius 2 is 1.88 bits per heavy atom. The lowest BCUT2D eigenvalue weighted by Crippen LogP contribution is -2.28. The van der Waals surface area contributed by atoms with Gasteiger partial charge >= 0.3 is 0 Å². The number of hydrogen-bond acceptors (Lipinski definition) is 3. The van der Waals surface area contributed by atoms with Crippen LogP contribution < -0.4 is 5.32 Å². The van der Waals surface area contributed by atoms with Crippen LogP contribution in [0.2, 0.25) is 0 Å². The van der Waals surface area contributed by atoms with Gasteiger partial charge in [0.1, 0.15) is 6.61 Å². The number of ether oxygens (including phenoxy) is 2. The number of hydrogen-bond donors (Lipinski definition) is 1. The predicted molar refractivity (Wildman–Crippen MR) is 64.4 cm³/mol. The summed E-state index contributed by atoms with van der Waals surface area (Å²) in [6.07, 6.45) is 2.01. The zero-order valence-corrected chi connectivity index (χ0v) is 10.8. The van der Waals surface area contributed by atoms with E-state index in [1.807, 2.05) is 6.92 Å². The molecule has 0 unspecified atom stereocenters. The zero-order chi connectivity index (χ0) is 12.2. The molecule has 0 heterocycles. The lowest BCUT2D eigenvalue weighted by molar-refractivity contribution is -0.126. The Morgan fingerprint density at radius 3 is 2.50 bits per heavy atom. The van der Waals surface area contributed by atoms with Crippen molar-refractivity contribution in [2.45, 2.75) is 33.6 Å². The van der Waals surface area contributed by atoms with E-state index in [4.69, 9.17) is 9.47 Å². The second kappa shape index (κ2) is 10.9. The summed E-state index contributed by atoms with van der Waals surface area (Å²) in [7, 11) is 0. The van der Waals surface area contributed by atoms with Gasteiger partial charge in [-0.2, -0.15) is 0 Å². The molecule has 1 amide bonds. The van der Waals surface area contributed by atoms with Crippen LogP contribution in [0.15, 0.2) is 0 Å². The van der Waals surface area contributed by atoms with Gasteiger partial charge in [0.2, 0.25) is 5.91 Å². The lowest BCUT2D eigenvalue weighted by Gasteiger charge is -2.07. The molecule has 96 valence electrons. The zero-order valence-electron chi connectivity index (χ0n) is 10.8. The van der Waals surface area contributed by atoms with Gasteiger partial charge in [0.05, 0.1) is 13.2 Å². The first-order valence-corrected chi connectivity index (χ1v) is 6.09. The maximum Gasteiger partial charge on any atom is 0.245 e. The van der Waals surface area contributed by atoms with Crippen LogP contribution in [0.1, 0.15) is 33.6 Å². The maximum atomic E-state index is 11.1. The van der Waals surface area contributed by atoms with E-state index in [1.165, 1.54) is 0 Å². The number of carbonyl (C=O) groups is 1. The Morgan fingerprint density at radius 1 is 1.19 bits per heavy atom. The molecule has 0 aromatic rings. The molecule has 0 aliphatic rings. The first-order valence-electron chi connectivity index (χ1n) is 6.09. The topological polar surface area (TPSA) is 47.6 Å². The van der Waals surface area contributed by atoms with Crippen LogP contribution in [0.5, 0.6) is 0 Å². The van der Waals surface area contributed by atoms with E-state index >= 15 is 0 Å². The molecule has 16 heavy (non-hydrogen) atoms. The minimum atomic E-state index is -0.0518. The fourth-order valence-electron chi connectivity index (χ4n) is 1.02. The molecular formula is C12H25NO3. The van der Waals surface area contributed by atoms with E-state index in [-0.39, 0.29) is 12.5 Å². The number of nitrogens with one attached hydrogen (secondary N) is 1. The lowest BCUT2D eigenvalue weighted by atomic mass is 10.1. The summed E-state index contributed by atoms with van der Waals surface area (Å²) in [6, 6.07) is 0. The number of rotatable bonds is 10. The van der Waals surface area contributed by atoms with Crippen molar-refractivity contribution in [2.24, 2.45) is 5.92 Å². The molecule has 0 aromatic heterocycles. The molecule has 0 saturated carbocycles. The summed E-state index contributed by atoms with van der Waals surface area (Å²) in [5.74, 6) is 0.616. The second-order valence-corrected chi connectivity index (χ2v) is 4.20. The van der Waals surface area contributed by atoms with Crippen LogP contribution in [0, 0.1) is 5.92 Å². The van der Waals surface area contributed by atoms with Crippen LogP contribution in [0.3, 0.4) is 0 Å². The molecule has 0 saturated heterocycles. The third-order valence-electron chi connectivity index (χ3n) is 2.02. The van der Waals surface area contributed by atoms with Crippen molar-refractivity contribution in [1.29, 1.82) is 0 Å². The Balaban J connectivity index is 3.11. The van der Waals surface area contributed by atoms with Crippen molar-refractivity contribution < 1.29 is 14.3 Å². The van der Waals surface area contributed by atoms with Crippen LogP contribution in [0.4, 0.5) is 0 Å². The molecule has 0 spiro atoms. The summed E-state index contributed by atoms with van der Waals surface area (Å²) in [5, 5.41) is 2.74. The Labute approximate surface area is 98.7 Å². The van der Waals surface area contributed by atoms with E-state index in [0.29, 0.717) is 25.7 Å². The molecule has 0 aliphatic heterocycles. The molecule has 0 bridgehead atoms. The van der Waals surface area contributed by atoms with Crippen LogP contribution in [-0.4, -0.2) is 38.9 Å². The third-order valence-corrected chi connectivity index (χ3v) is 2.02. The van der Waals surface area contributed by atoms with Crippen molar-refractivity contribution in [3.8, 4) is 0 Å². The monoisotopic (exact) mass is 231 g/mol. The number of carbonyl (C=O) groups excluding carboxylic acids is 1. The van der Waals surface area contributed by atoms with Gasteiger partial charge in [0, 0.05) is 13.2 Å². The van der Waals surface area contributed by atoms with Gasteiger partial charge in [0.15, 0.2) is 0 Å². The fraction of sp³-hybridized carbons (Fsp3) is 0.917. The first-order chi connectivity index (χ1) is 7.66. The predicted octanol–water partition coefficient (Wildman–Crippen LogP) is 1.59. The summed E-state index contributed by atoms with van der Waals surface area (Å²) in [6.45, 7) is 9.01. The highest BCUT2D eigenvalue weighted by Crippen LogP contribution is 1.98. The standard InChI is InChI=1S/C12H25NO3/c1-4-6-13-12(14)10-16-9-8-15-7-5-11(2)3/h11H,4-10H2,1-3H3,(H,13,14). The van der Waals surface area contributed by atoms with E-state index in [2.05, 4.69) is 19.2 Å². The molecule has 0 rings (SSSR count). The molecule has 0 radical (unpaired) electrons. The highest BCUT2D eigenvalue weighted by Gasteiger charge is 1.99. The molecule has 0 atom stereocenters. The molecule has 4 heteroatoms. The van der Waals surface area contributed by atoms with Crippen molar-refractivity contribution in [2.75, 3.05) is 33.0 Å². The van der Waals surface area contributed by atoms with Gasteiger partial charge < -0.3 is 14.8 Å². The van der Waals surface area contributed by atoms with E-state index in [1.54, 1.807) is 0 Å². The minimum Gasteiger partial charge on any atom is -0.379 e. The van der Waals surface area contributed by atoms with E-state index in [9.17, 15) is 4.79 Å². The SMILES string of the molecule is CCCNC(=O)COCCOCCC(C)C. The van der Waals surface area contributed by atoms with Gasteiger partial charge in [-0.3, -0.25) is 4.79 Å². The third kappa shape index (κ3) is 11.5. The van der Waals surface area contributed by atoms with Crippen LogP contribution in [0.25, 0.3) is 0 Å². The highest BCUT2D eigenvalue weighted by atomic mass is 16.5. The highest BCUT2D eigenvalue weighted by molar-refractivity contribution is 5.77. The van der Waals surface area contributed by atoms with E-state index in [0.717, 1.165) is 19.4 Å². The Hall–Kier alpha value is -0.610. The molecule has 4 nitrogen and oxygen atoms in total. The van der Waals surface area contributed by atoms with Gasteiger partial charge in [-0.1, -0.05) is 20.8 Å². The molecule has 1 N–H and O–H groups in total. The normalized spacial score (nSPS) is 10.8. The van der Waals surface area contributed by atoms with Crippen molar-refractivity contribution in [3.63, 3.8) is 0 Å². The van der Waals surface area contributed by atoms with Crippen molar-refractivity contribution >= 4 is 5.91 Å². The van der Waals surface area contributed by atoms with Gasteiger partial charge in [0.25, 0.3) is 0 Å². The summed E-state index contributed by atoms with van der Waals surface area (Å²) < 4.78 is 10.5. The summed E-state index contributed by atoms with van der Waals surface area (Å²) >= 11 is 0. The van der Waals surface area contributed by atoms with Gasteiger partial charge in [-0.15, -0.1) is 0 Å². The molecule has 0 aromatic carbocycles. The smallest absolute Gasteiger partial charge is 0.245 e. The van der Waals surface area contributed by atoms with Crippen LogP contribution in [-0.2, 0) is 14.3 Å². The minimum absolute atomic E-state index is 0.0518. The number of amides is 1. The van der Waals surface area contributed by atoms with Gasteiger partial charge in [-0.25, -0.2) is 0 Å². The molecule has 0 aliphatic carbocycles. The average molecular weight is 231 g/mol. The molecule has 0 fully saturated rings. The van der Waals surface area contributed by atoms with Gasteiger partial charge in [-0.05, 0) is 18.8 Å². The van der Waals surface area contributed by atoms with E-state index < -0.39 is 0 Å². The first kappa shape index (κ1) is 15.4. The second-order valence-electron chi connectivity index (χ2n) is 4.20. The largest absolute Gasteiger partial charge is 0.379 e. The average Bonchev–Trinajstić information content (AvgIpc) is 2.24. The fourth-order valence-corrected chi connectivity index (χ4v) is 1.02. The summed E-state index contributed by atoms with van der Waals surface area (Å²) in [5.41, 5.74) is 0. The Bertz CT molecular complexity index is 172. The summed E-state index contributed by atoms with van der Waals surface area (Å²) in [4.78, 5) is 11.1. The van der Waals surface area contributed by atoms with Crippen molar-refractivity contribution in [3.05, 3.63) is 0 Å². The quantitative estimate of drug-likeness (QED) is 0.581. The maximum absolute atomic E-state index is 11.1. The Kier molecular flexibility index (Phi) is 10.5. The van der Waals surface area contributed by atoms with Crippen LogP contribution >= 0.6 is 0 Å². The molecular weight excluding hydrogens is 206 g/mol.